The van der Waals surface area contributed by atoms with Crippen molar-refractivity contribution in [2.45, 2.75) is 38.5 Å². The van der Waals surface area contributed by atoms with E-state index < -0.39 is 7.92 Å². The largest absolute Gasteiger partial charge is 0.0843 e. The molecule has 230 valence electrons. The molecule has 0 radical (unpaired) electrons. The van der Waals surface area contributed by atoms with Gasteiger partial charge in [0, 0.05) is 15.1 Å². The van der Waals surface area contributed by atoms with Crippen LogP contribution in [0.4, 0.5) is 0 Å². The highest BCUT2D eigenvalue weighted by Crippen LogP contribution is 2.33. The molecule has 0 saturated heterocycles. The maximum absolute atomic E-state index is 6.08. The van der Waals surface area contributed by atoms with Gasteiger partial charge in [-0.3, -0.25) is 0 Å². The first-order chi connectivity index (χ1) is 22.5. The molecule has 0 heterocycles. The van der Waals surface area contributed by atoms with E-state index in [9.17, 15) is 0 Å². The van der Waals surface area contributed by atoms with Crippen LogP contribution in [0, 0.1) is 0 Å². The highest BCUT2D eigenvalue weighted by molar-refractivity contribution is 7.79. The Morgan fingerprint density at radius 3 is 0.630 bits per heavy atom. The Bertz CT molecular complexity index is 1590. The summed E-state index contributed by atoms with van der Waals surface area (Å²) in [5.74, 6) is 0. The molecule has 4 heteroatoms. The molecule has 0 amide bonds. The lowest BCUT2D eigenvalue weighted by molar-refractivity contribution is 0.961. The van der Waals surface area contributed by atoms with Crippen LogP contribution in [0.1, 0.15) is 33.4 Å². The maximum Gasteiger partial charge on any atom is 0.0406 e. The number of benzene rings is 6. The van der Waals surface area contributed by atoms with Crippen molar-refractivity contribution in [2.24, 2.45) is 0 Å². The summed E-state index contributed by atoms with van der Waals surface area (Å²) in [5, 5.41) is 6.45. The van der Waals surface area contributed by atoms with E-state index in [0.29, 0.717) is 0 Å². The smallest absolute Gasteiger partial charge is 0.0406 e. The van der Waals surface area contributed by atoms with Gasteiger partial charge in [-0.15, -0.1) is 0 Å². The van der Waals surface area contributed by atoms with Crippen molar-refractivity contribution < 1.29 is 0 Å². The van der Waals surface area contributed by atoms with Crippen molar-refractivity contribution in [3.63, 3.8) is 0 Å². The molecule has 6 aromatic rings. The van der Waals surface area contributed by atoms with Gasteiger partial charge in [0.15, 0.2) is 0 Å². The molecule has 0 aliphatic rings. The third-order valence-electron chi connectivity index (χ3n) is 8.43. The van der Waals surface area contributed by atoms with Crippen LogP contribution >= 0.6 is 42.7 Å². The molecule has 0 nitrogen and oxygen atoms in total. The summed E-state index contributed by atoms with van der Waals surface area (Å²) in [6.45, 7) is 0. The van der Waals surface area contributed by atoms with E-state index in [2.05, 4.69) is 109 Å². The van der Waals surface area contributed by atoms with Crippen LogP contribution in [0.25, 0.3) is 0 Å². The normalized spacial score (nSPS) is 11.2. The molecule has 6 aromatic carbocycles. The molecule has 46 heavy (non-hydrogen) atoms. The van der Waals surface area contributed by atoms with E-state index in [1.807, 2.05) is 36.4 Å². The summed E-state index contributed by atoms with van der Waals surface area (Å²) in [6.07, 6.45) is 6.01. The van der Waals surface area contributed by atoms with Gasteiger partial charge in [0.1, 0.15) is 0 Å². The summed E-state index contributed by atoms with van der Waals surface area (Å²) in [5.41, 5.74) is 7.98. The average molecular weight is 678 g/mol. The fourth-order valence-electron chi connectivity index (χ4n) is 5.70. The Kier molecular flexibility index (Phi) is 11.3. The Hall–Kier alpha value is -3.38. The first-order valence-electron chi connectivity index (χ1n) is 15.8. The van der Waals surface area contributed by atoms with Gasteiger partial charge in [0.05, 0.1) is 0 Å². The molecule has 6 rings (SSSR count). The third kappa shape index (κ3) is 9.12. The second-order valence-corrected chi connectivity index (χ2v) is 15.2. The second kappa shape index (κ2) is 15.9. The van der Waals surface area contributed by atoms with E-state index in [1.54, 1.807) is 0 Å². The molecule has 0 atom stereocenters. The van der Waals surface area contributed by atoms with Gasteiger partial charge < -0.3 is 0 Å². The van der Waals surface area contributed by atoms with Gasteiger partial charge in [-0.05, 0) is 132 Å². The van der Waals surface area contributed by atoms with Crippen molar-refractivity contribution in [1.82, 2.24) is 0 Å². The zero-order valence-electron chi connectivity index (χ0n) is 25.7. The lowest BCUT2D eigenvalue weighted by atomic mass is 10.0. The molecular formula is C42H36Cl3P. The molecule has 0 N–H and O–H groups in total. The van der Waals surface area contributed by atoms with E-state index in [-0.39, 0.29) is 0 Å². The topological polar surface area (TPSA) is 0 Å². The Labute approximate surface area is 289 Å². The molecule has 0 saturated carbocycles. The summed E-state index contributed by atoms with van der Waals surface area (Å²) in [4.78, 5) is 0. The van der Waals surface area contributed by atoms with Crippen LogP contribution in [0.15, 0.2) is 146 Å². The van der Waals surface area contributed by atoms with Crippen LogP contribution in [-0.2, 0) is 38.5 Å². The molecule has 0 bridgehead atoms. The van der Waals surface area contributed by atoms with Crippen molar-refractivity contribution >= 4 is 58.6 Å². The highest BCUT2D eigenvalue weighted by atomic mass is 35.5. The van der Waals surface area contributed by atoms with E-state index in [0.717, 1.165) is 53.6 Å². The number of hydrogen-bond donors (Lipinski definition) is 0. The molecule has 0 unspecified atom stereocenters. The summed E-state index contributed by atoms with van der Waals surface area (Å²) in [6, 6.07) is 52.4. The van der Waals surface area contributed by atoms with Crippen LogP contribution in [-0.4, -0.2) is 0 Å². The maximum atomic E-state index is 6.08. The quantitative estimate of drug-likeness (QED) is 0.113. The Morgan fingerprint density at radius 1 is 0.261 bits per heavy atom. The standard InChI is InChI=1S/C42H36Cl3P/c43-37-19-7-31(8-20-37)1-4-34-13-25-40(26-14-34)46(41-27-15-35(16-28-41)5-2-32-9-21-38(44)22-10-32)42-29-17-36(18-30-42)6-3-33-11-23-39(45)24-12-33/h7-30H,1-6H2. The lowest BCUT2D eigenvalue weighted by Gasteiger charge is -2.20. The summed E-state index contributed by atoms with van der Waals surface area (Å²) >= 11 is 18.2. The van der Waals surface area contributed by atoms with E-state index in [4.69, 9.17) is 34.8 Å². The second-order valence-electron chi connectivity index (χ2n) is 11.7. The molecule has 0 spiro atoms. The van der Waals surface area contributed by atoms with Gasteiger partial charge in [-0.2, -0.15) is 0 Å². The molecule has 0 fully saturated rings. The third-order valence-corrected chi connectivity index (χ3v) is 11.6. The van der Waals surface area contributed by atoms with Crippen LogP contribution in [0.5, 0.6) is 0 Å². The SMILES string of the molecule is Clc1ccc(CCc2ccc(P(c3ccc(CCc4ccc(Cl)cc4)cc3)c3ccc(CCc4ccc(Cl)cc4)cc3)cc2)cc1. The number of rotatable bonds is 12. The minimum absolute atomic E-state index is 0.697. The zero-order valence-corrected chi connectivity index (χ0v) is 28.8. The molecule has 0 aliphatic heterocycles. The lowest BCUT2D eigenvalue weighted by Crippen LogP contribution is -2.21. The van der Waals surface area contributed by atoms with Crippen molar-refractivity contribution in [3.05, 3.63) is 194 Å². The number of halogens is 3. The first kappa shape index (κ1) is 32.6. The number of aryl methyl sites for hydroxylation is 6. The predicted octanol–water partition coefficient (Wildman–Crippen LogP) is 10.8. The van der Waals surface area contributed by atoms with Gasteiger partial charge in [0.25, 0.3) is 0 Å². The fourth-order valence-corrected chi connectivity index (χ4v) is 8.32. The van der Waals surface area contributed by atoms with Gasteiger partial charge in [-0.25, -0.2) is 0 Å². The van der Waals surface area contributed by atoms with Crippen LogP contribution in [0.2, 0.25) is 15.1 Å². The van der Waals surface area contributed by atoms with Crippen LogP contribution in [0.3, 0.4) is 0 Å². The van der Waals surface area contributed by atoms with E-state index in [1.165, 1.54) is 49.3 Å². The first-order valence-corrected chi connectivity index (χ1v) is 18.3. The van der Waals surface area contributed by atoms with Crippen molar-refractivity contribution in [2.75, 3.05) is 0 Å². The summed E-state index contributed by atoms with van der Waals surface area (Å²) in [7, 11) is -0.697. The number of hydrogen-bond acceptors (Lipinski definition) is 0. The van der Waals surface area contributed by atoms with E-state index >= 15 is 0 Å². The summed E-state index contributed by atoms with van der Waals surface area (Å²) < 4.78 is 0. The monoisotopic (exact) mass is 676 g/mol. The minimum Gasteiger partial charge on any atom is -0.0843 e. The molecule has 0 aliphatic carbocycles. The van der Waals surface area contributed by atoms with Crippen LogP contribution < -0.4 is 15.9 Å². The Balaban J connectivity index is 1.19. The zero-order chi connectivity index (χ0) is 31.7. The highest BCUT2D eigenvalue weighted by Gasteiger charge is 2.17. The average Bonchev–Trinajstić information content (AvgIpc) is 3.09. The van der Waals surface area contributed by atoms with Gasteiger partial charge >= 0.3 is 0 Å². The molecular weight excluding hydrogens is 642 g/mol. The molecule has 0 aromatic heterocycles. The van der Waals surface area contributed by atoms with Crippen molar-refractivity contribution in [3.8, 4) is 0 Å². The Morgan fingerprint density at radius 2 is 0.435 bits per heavy atom. The minimum atomic E-state index is -0.697. The van der Waals surface area contributed by atoms with Crippen molar-refractivity contribution in [1.29, 1.82) is 0 Å². The fraction of sp³-hybridized carbons (Fsp3) is 0.143. The predicted molar refractivity (Wildman–Crippen MR) is 202 cm³/mol. The van der Waals surface area contributed by atoms with Gasteiger partial charge in [-0.1, -0.05) is 144 Å². The van der Waals surface area contributed by atoms with Gasteiger partial charge in [0.2, 0.25) is 0 Å².